The average molecular weight is 225 g/mol. The first-order valence-corrected chi connectivity index (χ1v) is 6.74. The van der Waals surface area contributed by atoms with Gasteiger partial charge in [0.2, 0.25) is 0 Å². The van der Waals surface area contributed by atoms with Gasteiger partial charge in [-0.05, 0) is 58.3 Å². The SMILES string of the molecule is CN(C)CC1CCCN1CC1(CN)CCC1. The number of rotatable bonds is 5. The zero-order valence-electron chi connectivity index (χ0n) is 10.9. The molecule has 1 unspecified atom stereocenters. The number of nitrogens with zero attached hydrogens (tertiary/aromatic N) is 2. The Balaban J connectivity index is 1.87. The molecule has 2 fully saturated rings. The highest BCUT2D eigenvalue weighted by molar-refractivity contribution is 4.94. The van der Waals surface area contributed by atoms with Crippen molar-refractivity contribution in [3.63, 3.8) is 0 Å². The summed E-state index contributed by atoms with van der Waals surface area (Å²) in [5.74, 6) is 0. The maximum atomic E-state index is 5.96. The Hall–Kier alpha value is -0.120. The molecule has 1 saturated heterocycles. The molecule has 1 aliphatic heterocycles. The van der Waals surface area contributed by atoms with Crippen LogP contribution in [0.15, 0.2) is 0 Å². The summed E-state index contributed by atoms with van der Waals surface area (Å²) >= 11 is 0. The van der Waals surface area contributed by atoms with Crippen LogP contribution in [0.5, 0.6) is 0 Å². The van der Waals surface area contributed by atoms with Crippen molar-refractivity contribution in [2.75, 3.05) is 40.3 Å². The van der Waals surface area contributed by atoms with E-state index in [9.17, 15) is 0 Å². The lowest BCUT2D eigenvalue weighted by molar-refractivity contribution is 0.0624. The van der Waals surface area contributed by atoms with Gasteiger partial charge >= 0.3 is 0 Å². The largest absolute Gasteiger partial charge is 0.330 e. The van der Waals surface area contributed by atoms with Crippen molar-refractivity contribution in [3.8, 4) is 0 Å². The summed E-state index contributed by atoms with van der Waals surface area (Å²) in [6.07, 6.45) is 6.85. The standard InChI is InChI=1S/C13H27N3/c1-15(2)9-12-5-3-8-16(12)11-13(10-14)6-4-7-13/h12H,3-11,14H2,1-2H3. The fourth-order valence-electron chi connectivity index (χ4n) is 3.27. The van der Waals surface area contributed by atoms with E-state index in [4.69, 9.17) is 5.73 Å². The summed E-state index contributed by atoms with van der Waals surface area (Å²) in [6.45, 7) is 4.64. The van der Waals surface area contributed by atoms with Gasteiger partial charge < -0.3 is 10.6 Å². The molecule has 3 heteroatoms. The molecule has 0 radical (unpaired) electrons. The lowest BCUT2D eigenvalue weighted by Gasteiger charge is -2.45. The van der Waals surface area contributed by atoms with E-state index in [-0.39, 0.29) is 0 Å². The van der Waals surface area contributed by atoms with E-state index in [1.54, 1.807) is 0 Å². The second kappa shape index (κ2) is 5.03. The fourth-order valence-corrected chi connectivity index (χ4v) is 3.27. The molecular formula is C13H27N3. The second-order valence-electron chi connectivity index (χ2n) is 6.09. The third kappa shape index (κ3) is 2.58. The molecule has 1 atom stereocenters. The zero-order chi connectivity index (χ0) is 11.6. The Labute approximate surface area is 100.0 Å². The maximum absolute atomic E-state index is 5.96. The van der Waals surface area contributed by atoms with Crippen molar-refractivity contribution in [2.24, 2.45) is 11.1 Å². The van der Waals surface area contributed by atoms with Gasteiger partial charge in [0, 0.05) is 19.1 Å². The van der Waals surface area contributed by atoms with Crippen molar-refractivity contribution in [2.45, 2.75) is 38.1 Å². The number of nitrogens with two attached hydrogens (primary N) is 1. The molecule has 1 saturated carbocycles. The summed E-state index contributed by atoms with van der Waals surface area (Å²) in [5, 5.41) is 0. The molecule has 0 amide bonds. The summed E-state index contributed by atoms with van der Waals surface area (Å²) in [5.41, 5.74) is 6.44. The Kier molecular flexibility index (Phi) is 3.88. The molecule has 2 rings (SSSR count). The monoisotopic (exact) mass is 225 g/mol. The molecule has 0 aromatic rings. The van der Waals surface area contributed by atoms with E-state index in [0.717, 1.165) is 12.6 Å². The van der Waals surface area contributed by atoms with Crippen LogP contribution >= 0.6 is 0 Å². The Morgan fingerprint density at radius 3 is 2.56 bits per heavy atom. The maximum Gasteiger partial charge on any atom is 0.0223 e. The first kappa shape index (κ1) is 12.3. The highest BCUT2D eigenvalue weighted by Gasteiger charge is 2.39. The molecule has 0 spiro atoms. The lowest BCUT2D eigenvalue weighted by Crippen LogP contribution is -2.50. The average Bonchev–Trinajstić information content (AvgIpc) is 2.58. The van der Waals surface area contributed by atoms with Crippen LogP contribution < -0.4 is 5.73 Å². The second-order valence-corrected chi connectivity index (χ2v) is 6.09. The highest BCUT2D eigenvalue weighted by Crippen LogP contribution is 2.41. The Bertz CT molecular complexity index is 218. The van der Waals surface area contributed by atoms with E-state index in [1.807, 2.05) is 0 Å². The van der Waals surface area contributed by atoms with Gasteiger partial charge in [-0.1, -0.05) is 6.42 Å². The molecule has 2 aliphatic rings. The molecule has 0 aromatic carbocycles. The normalized spacial score (nSPS) is 29.6. The van der Waals surface area contributed by atoms with Crippen LogP contribution in [0.25, 0.3) is 0 Å². The fraction of sp³-hybridized carbons (Fsp3) is 1.00. The molecular weight excluding hydrogens is 198 g/mol. The van der Waals surface area contributed by atoms with Gasteiger partial charge in [-0.15, -0.1) is 0 Å². The topological polar surface area (TPSA) is 32.5 Å². The van der Waals surface area contributed by atoms with Crippen molar-refractivity contribution >= 4 is 0 Å². The van der Waals surface area contributed by atoms with Crippen LogP contribution in [-0.4, -0.2) is 56.1 Å². The predicted molar refractivity (Wildman–Crippen MR) is 68.5 cm³/mol. The van der Waals surface area contributed by atoms with Crippen LogP contribution in [0.4, 0.5) is 0 Å². The molecule has 1 heterocycles. The van der Waals surface area contributed by atoms with E-state index in [0.29, 0.717) is 5.41 Å². The van der Waals surface area contributed by atoms with Crippen LogP contribution in [0.2, 0.25) is 0 Å². The minimum absolute atomic E-state index is 0.481. The summed E-state index contributed by atoms with van der Waals surface area (Å²) in [7, 11) is 4.36. The number of hydrogen-bond acceptors (Lipinski definition) is 3. The minimum atomic E-state index is 0.481. The molecule has 0 aromatic heterocycles. The third-order valence-electron chi connectivity index (χ3n) is 4.46. The van der Waals surface area contributed by atoms with Crippen molar-refractivity contribution in [1.29, 1.82) is 0 Å². The zero-order valence-corrected chi connectivity index (χ0v) is 10.9. The highest BCUT2D eigenvalue weighted by atomic mass is 15.2. The molecule has 3 nitrogen and oxygen atoms in total. The smallest absolute Gasteiger partial charge is 0.0223 e. The third-order valence-corrected chi connectivity index (χ3v) is 4.46. The van der Waals surface area contributed by atoms with E-state index >= 15 is 0 Å². The van der Waals surface area contributed by atoms with Gasteiger partial charge in [0.25, 0.3) is 0 Å². The first-order valence-electron chi connectivity index (χ1n) is 6.74. The van der Waals surface area contributed by atoms with Crippen LogP contribution in [0.3, 0.4) is 0 Å². The molecule has 16 heavy (non-hydrogen) atoms. The van der Waals surface area contributed by atoms with E-state index < -0.39 is 0 Å². The molecule has 0 bridgehead atoms. The van der Waals surface area contributed by atoms with Gasteiger partial charge in [0.05, 0.1) is 0 Å². The van der Waals surface area contributed by atoms with Crippen LogP contribution in [0.1, 0.15) is 32.1 Å². The van der Waals surface area contributed by atoms with Crippen molar-refractivity contribution in [3.05, 3.63) is 0 Å². The number of likely N-dealkylation sites (N-methyl/N-ethyl adjacent to an activating group) is 1. The predicted octanol–water partition coefficient (Wildman–Crippen LogP) is 1.14. The molecule has 1 aliphatic carbocycles. The summed E-state index contributed by atoms with van der Waals surface area (Å²) in [4.78, 5) is 5.02. The Morgan fingerprint density at radius 2 is 2.06 bits per heavy atom. The molecule has 2 N–H and O–H groups in total. The Morgan fingerprint density at radius 1 is 1.31 bits per heavy atom. The number of hydrogen-bond donors (Lipinski definition) is 1. The van der Waals surface area contributed by atoms with Crippen LogP contribution in [0, 0.1) is 5.41 Å². The van der Waals surface area contributed by atoms with Gasteiger partial charge in [0.1, 0.15) is 0 Å². The minimum Gasteiger partial charge on any atom is -0.330 e. The van der Waals surface area contributed by atoms with E-state index in [2.05, 4.69) is 23.9 Å². The van der Waals surface area contributed by atoms with Gasteiger partial charge in [-0.3, -0.25) is 4.90 Å². The van der Waals surface area contributed by atoms with Gasteiger partial charge in [-0.25, -0.2) is 0 Å². The van der Waals surface area contributed by atoms with Gasteiger partial charge in [0.15, 0.2) is 0 Å². The van der Waals surface area contributed by atoms with Crippen molar-refractivity contribution < 1.29 is 0 Å². The quantitative estimate of drug-likeness (QED) is 0.761. The van der Waals surface area contributed by atoms with Crippen LogP contribution in [-0.2, 0) is 0 Å². The lowest BCUT2D eigenvalue weighted by atomic mass is 9.68. The van der Waals surface area contributed by atoms with E-state index in [1.165, 1.54) is 51.7 Å². The number of likely N-dealkylation sites (tertiary alicyclic amines) is 1. The van der Waals surface area contributed by atoms with Crippen molar-refractivity contribution in [1.82, 2.24) is 9.80 Å². The first-order chi connectivity index (χ1) is 7.65. The van der Waals surface area contributed by atoms with Gasteiger partial charge in [-0.2, -0.15) is 0 Å². The summed E-state index contributed by atoms with van der Waals surface area (Å²) < 4.78 is 0. The summed E-state index contributed by atoms with van der Waals surface area (Å²) in [6, 6.07) is 0.777. The molecule has 94 valence electrons.